The number of nitrogens with zero attached hydrogens (tertiary/aromatic N) is 3. The van der Waals surface area contributed by atoms with Crippen LogP contribution in [-0.4, -0.2) is 30.3 Å². The minimum atomic E-state index is -0.273. The van der Waals surface area contributed by atoms with E-state index in [2.05, 4.69) is 27.6 Å². The number of hydrogen-bond donors (Lipinski definition) is 1. The van der Waals surface area contributed by atoms with Gasteiger partial charge < -0.3 is 15.0 Å². The summed E-state index contributed by atoms with van der Waals surface area (Å²) >= 11 is 0. The molecule has 0 saturated heterocycles. The number of methoxy groups -OCH3 is 1. The number of amides is 1. The van der Waals surface area contributed by atoms with Gasteiger partial charge in [-0.25, -0.2) is 0 Å². The van der Waals surface area contributed by atoms with Crippen molar-refractivity contribution in [2.75, 3.05) is 19.1 Å². The summed E-state index contributed by atoms with van der Waals surface area (Å²) in [5, 5.41) is 11.1. The summed E-state index contributed by atoms with van der Waals surface area (Å²) < 4.78 is 5.29. The van der Waals surface area contributed by atoms with Crippen molar-refractivity contribution in [2.45, 2.75) is 13.1 Å². The van der Waals surface area contributed by atoms with Gasteiger partial charge in [-0.1, -0.05) is 48.5 Å². The van der Waals surface area contributed by atoms with Gasteiger partial charge in [0.05, 0.1) is 7.11 Å². The van der Waals surface area contributed by atoms with Crippen LogP contribution >= 0.6 is 0 Å². The van der Waals surface area contributed by atoms with Gasteiger partial charge in [0.15, 0.2) is 11.5 Å². The lowest BCUT2D eigenvalue weighted by molar-refractivity contribution is 0.0944. The molecule has 0 aliphatic carbocycles. The molecule has 3 rings (SSSR count). The predicted molar refractivity (Wildman–Crippen MR) is 105 cm³/mol. The second kappa shape index (κ2) is 8.80. The number of carbonyl (C=O) groups excluding carboxylic acids is 1. The molecular weight excluding hydrogens is 340 g/mol. The van der Waals surface area contributed by atoms with Crippen LogP contribution in [0.1, 0.15) is 21.6 Å². The Morgan fingerprint density at radius 2 is 1.74 bits per heavy atom. The minimum Gasteiger partial charge on any atom is -0.496 e. The van der Waals surface area contributed by atoms with Crippen molar-refractivity contribution in [2.24, 2.45) is 0 Å². The van der Waals surface area contributed by atoms with Gasteiger partial charge in [0.1, 0.15) is 5.75 Å². The Hall–Kier alpha value is -3.41. The molecule has 0 aliphatic rings. The molecule has 1 aromatic heterocycles. The van der Waals surface area contributed by atoms with Gasteiger partial charge in [-0.3, -0.25) is 4.79 Å². The highest BCUT2D eigenvalue weighted by Crippen LogP contribution is 2.17. The lowest BCUT2D eigenvalue weighted by atomic mass is 10.2. The highest BCUT2D eigenvalue weighted by Gasteiger charge is 2.11. The number of nitrogens with one attached hydrogen (secondary N) is 1. The second-order valence-corrected chi connectivity index (χ2v) is 6.11. The van der Waals surface area contributed by atoms with Crippen LogP contribution in [0, 0.1) is 0 Å². The van der Waals surface area contributed by atoms with Gasteiger partial charge in [-0.2, -0.15) is 0 Å². The molecule has 6 heteroatoms. The van der Waals surface area contributed by atoms with Crippen LogP contribution in [0.4, 0.5) is 5.82 Å². The Kier molecular flexibility index (Phi) is 5.99. The maximum Gasteiger partial charge on any atom is 0.272 e. The summed E-state index contributed by atoms with van der Waals surface area (Å²) in [5.41, 5.74) is 2.36. The first-order chi connectivity index (χ1) is 13.2. The van der Waals surface area contributed by atoms with E-state index in [1.807, 2.05) is 54.4 Å². The Balaban J connectivity index is 1.60. The highest BCUT2D eigenvalue weighted by atomic mass is 16.5. The Labute approximate surface area is 158 Å². The van der Waals surface area contributed by atoms with E-state index in [0.29, 0.717) is 12.4 Å². The number of anilines is 1. The third kappa shape index (κ3) is 4.82. The van der Waals surface area contributed by atoms with Crippen molar-refractivity contribution in [3.63, 3.8) is 0 Å². The van der Waals surface area contributed by atoms with E-state index >= 15 is 0 Å². The number of para-hydroxylation sites is 1. The zero-order chi connectivity index (χ0) is 19.1. The SMILES string of the molecule is COc1ccccc1CNC(=O)c1ccc(N(C)Cc2ccccc2)nn1. The van der Waals surface area contributed by atoms with Gasteiger partial charge in [0.25, 0.3) is 5.91 Å². The topological polar surface area (TPSA) is 67.3 Å². The van der Waals surface area contributed by atoms with Gasteiger partial charge in [0, 0.05) is 25.7 Å². The summed E-state index contributed by atoms with van der Waals surface area (Å²) in [6.45, 7) is 1.08. The van der Waals surface area contributed by atoms with Crippen molar-refractivity contribution in [1.29, 1.82) is 0 Å². The van der Waals surface area contributed by atoms with Crippen LogP contribution in [-0.2, 0) is 13.1 Å². The fraction of sp³-hybridized carbons (Fsp3) is 0.190. The third-order valence-corrected chi connectivity index (χ3v) is 4.17. The monoisotopic (exact) mass is 362 g/mol. The number of hydrogen-bond acceptors (Lipinski definition) is 5. The number of ether oxygens (including phenoxy) is 1. The van der Waals surface area contributed by atoms with E-state index < -0.39 is 0 Å². The first-order valence-electron chi connectivity index (χ1n) is 8.66. The lowest BCUT2D eigenvalue weighted by Gasteiger charge is -2.17. The third-order valence-electron chi connectivity index (χ3n) is 4.17. The Bertz CT molecular complexity index is 882. The summed E-state index contributed by atoms with van der Waals surface area (Å²) in [5.74, 6) is 1.17. The molecule has 0 bridgehead atoms. The number of benzene rings is 2. The molecular formula is C21H22N4O2. The van der Waals surface area contributed by atoms with Crippen molar-refractivity contribution in [3.05, 3.63) is 83.6 Å². The number of aromatic nitrogens is 2. The standard InChI is InChI=1S/C21H22N4O2/c1-25(15-16-8-4-3-5-9-16)20-13-12-18(23-24-20)21(26)22-14-17-10-6-7-11-19(17)27-2/h3-13H,14-15H2,1-2H3,(H,22,26). The molecule has 1 heterocycles. The smallest absolute Gasteiger partial charge is 0.272 e. The van der Waals surface area contributed by atoms with E-state index in [4.69, 9.17) is 4.74 Å². The molecule has 0 spiro atoms. The average molecular weight is 362 g/mol. The minimum absolute atomic E-state index is 0.273. The van der Waals surface area contributed by atoms with Crippen LogP contribution in [0.15, 0.2) is 66.7 Å². The first-order valence-corrected chi connectivity index (χ1v) is 8.66. The zero-order valence-corrected chi connectivity index (χ0v) is 15.4. The molecule has 0 atom stereocenters. The maximum atomic E-state index is 12.3. The molecule has 0 fully saturated rings. The molecule has 0 radical (unpaired) electrons. The van der Waals surface area contributed by atoms with Crippen molar-refractivity contribution < 1.29 is 9.53 Å². The summed E-state index contributed by atoms with van der Waals surface area (Å²) in [4.78, 5) is 14.3. The fourth-order valence-corrected chi connectivity index (χ4v) is 2.70. The van der Waals surface area contributed by atoms with Gasteiger partial charge in [-0.05, 0) is 23.8 Å². The first kappa shape index (κ1) is 18.4. The molecule has 1 N–H and O–H groups in total. The normalized spacial score (nSPS) is 10.3. The van der Waals surface area contributed by atoms with Gasteiger partial charge in [0.2, 0.25) is 0 Å². The molecule has 0 saturated carbocycles. The maximum absolute atomic E-state index is 12.3. The van der Waals surface area contributed by atoms with Crippen LogP contribution in [0.2, 0.25) is 0 Å². The zero-order valence-electron chi connectivity index (χ0n) is 15.4. The summed E-state index contributed by atoms with van der Waals surface area (Å²) in [6, 6.07) is 21.2. The molecule has 3 aromatic rings. The van der Waals surface area contributed by atoms with E-state index in [9.17, 15) is 4.79 Å². The van der Waals surface area contributed by atoms with Crippen molar-refractivity contribution in [1.82, 2.24) is 15.5 Å². The Morgan fingerprint density at radius 1 is 1.00 bits per heavy atom. The van der Waals surface area contributed by atoms with Gasteiger partial charge in [-0.15, -0.1) is 10.2 Å². The number of rotatable bonds is 7. The molecule has 0 aliphatic heterocycles. The number of carbonyl (C=O) groups is 1. The van der Waals surface area contributed by atoms with E-state index in [1.54, 1.807) is 19.2 Å². The predicted octanol–water partition coefficient (Wildman–Crippen LogP) is 3.05. The van der Waals surface area contributed by atoms with Gasteiger partial charge >= 0.3 is 0 Å². The largest absolute Gasteiger partial charge is 0.496 e. The molecule has 6 nitrogen and oxygen atoms in total. The highest BCUT2D eigenvalue weighted by molar-refractivity contribution is 5.92. The summed E-state index contributed by atoms with van der Waals surface area (Å²) in [7, 11) is 3.55. The van der Waals surface area contributed by atoms with Crippen LogP contribution in [0.5, 0.6) is 5.75 Å². The van der Waals surface area contributed by atoms with Crippen molar-refractivity contribution >= 4 is 11.7 Å². The molecule has 138 valence electrons. The van der Waals surface area contributed by atoms with Crippen LogP contribution in [0.25, 0.3) is 0 Å². The molecule has 0 unspecified atom stereocenters. The average Bonchev–Trinajstić information content (AvgIpc) is 2.73. The second-order valence-electron chi connectivity index (χ2n) is 6.11. The molecule has 2 aromatic carbocycles. The lowest BCUT2D eigenvalue weighted by Crippen LogP contribution is -2.25. The molecule has 27 heavy (non-hydrogen) atoms. The van der Waals surface area contributed by atoms with E-state index in [0.717, 1.165) is 17.9 Å². The quantitative estimate of drug-likeness (QED) is 0.700. The van der Waals surface area contributed by atoms with Crippen LogP contribution < -0.4 is 15.0 Å². The Morgan fingerprint density at radius 3 is 2.44 bits per heavy atom. The van der Waals surface area contributed by atoms with E-state index in [1.165, 1.54) is 5.56 Å². The van der Waals surface area contributed by atoms with E-state index in [-0.39, 0.29) is 11.6 Å². The summed E-state index contributed by atoms with van der Waals surface area (Å²) in [6.07, 6.45) is 0. The van der Waals surface area contributed by atoms with Crippen molar-refractivity contribution in [3.8, 4) is 5.75 Å². The molecule has 1 amide bonds. The van der Waals surface area contributed by atoms with Crippen LogP contribution in [0.3, 0.4) is 0 Å². The fourth-order valence-electron chi connectivity index (χ4n) is 2.70.